The van der Waals surface area contributed by atoms with E-state index in [0.29, 0.717) is 36.9 Å². The van der Waals surface area contributed by atoms with Crippen molar-refractivity contribution in [3.8, 4) is 0 Å². The van der Waals surface area contributed by atoms with Gasteiger partial charge in [0.2, 0.25) is 11.8 Å². The van der Waals surface area contributed by atoms with Gasteiger partial charge in [-0.1, -0.05) is 37.1 Å². The molecule has 7 heteroatoms. The third-order valence-electron chi connectivity index (χ3n) is 5.67. The van der Waals surface area contributed by atoms with Gasteiger partial charge in [-0.25, -0.2) is 8.42 Å². The summed E-state index contributed by atoms with van der Waals surface area (Å²) < 4.78 is 25.9. The van der Waals surface area contributed by atoms with E-state index < -0.39 is 20.5 Å². The van der Waals surface area contributed by atoms with Crippen LogP contribution in [-0.2, 0) is 26.0 Å². The van der Waals surface area contributed by atoms with Gasteiger partial charge in [-0.15, -0.1) is 0 Å². The first-order valence-electron chi connectivity index (χ1n) is 10.1. The molecule has 0 unspecified atom stereocenters. The second kappa shape index (κ2) is 8.60. The second-order valence-electron chi connectivity index (χ2n) is 8.04. The second-order valence-corrected chi connectivity index (χ2v) is 10.3. The number of rotatable bonds is 6. The van der Waals surface area contributed by atoms with E-state index in [4.69, 9.17) is 0 Å². The highest BCUT2D eigenvalue weighted by Gasteiger charge is 2.53. The maximum atomic E-state index is 13.6. The first kappa shape index (κ1) is 22.0. The Morgan fingerprint density at radius 2 is 1.73 bits per heavy atom. The number of carbonyl (C=O) groups excluding carboxylic acids is 2. The molecular formula is C23H28N2O4S. The predicted molar refractivity (Wildman–Crippen MR) is 117 cm³/mol. The van der Waals surface area contributed by atoms with Gasteiger partial charge in [-0.3, -0.25) is 9.59 Å². The normalized spacial score (nSPS) is 15.6. The smallest absolute Gasteiger partial charge is 0.242 e. The van der Waals surface area contributed by atoms with Crippen molar-refractivity contribution in [1.82, 2.24) is 5.32 Å². The maximum absolute atomic E-state index is 13.6. The van der Waals surface area contributed by atoms with Crippen molar-refractivity contribution in [1.29, 1.82) is 0 Å². The largest absolute Gasteiger partial charge is 0.351 e. The van der Waals surface area contributed by atoms with Crippen LogP contribution in [-0.4, -0.2) is 25.0 Å². The van der Waals surface area contributed by atoms with Crippen molar-refractivity contribution >= 4 is 27.3 Å². The number of nitrogens with one attached hydrogen (secondary N) is 2. The van der Waals surface area contributed by atoms with Crippen molar-refractivity contribution in [2.75, 3.05) is 5.32 Å². The zero-order valence-electron chi connectivity index (χ0n) is 17.6. The molecule has 0 spiro atoms. The van der Waals surface area contributed by atoms with Gasteiger partial charge in [0.1, 0.15) is 0 Å². The lowest BCUT2D eigenvalue weighted by molar-refractivity contribution is -0.123. The number of anilines is 1. The van der Waals surface area contributed by atoms with Crippen LogP contribution in [0, 0.1) is 13.8 Å². The molecular weight excluding hydrogens is 400 g/mol. The van der Waals surface area contributed by atoms with Crippen molar-refractivity contribution in [3.05, 3.63) is 59.2 Å². The van der Waals surface area contributed by atoms with E-state index in [1.165, 1.54) is 6.92 Å². The van der Waals surface area contributed by atoms with Crippen molar-refractivity contribution in [2.45, 2.75) is 62.6 Å². The molecule has 0 bridgehead atoms. The molecule has 0 heterocycles. The topological polar surface area (TPSA) is 92.3 Å². The Morgan fingerprint density at radius 3 is 2.40 bits per heavy atom. The average molecular weight is 429 g/mol. The number of benzene rings is 2. The fourth-order valence-corrected chi connectivity index (χ4v) is 6.47. The van der Waals surface area contributed by atoms with Gasteiger partial charge < -0.3 is 10.6 Å². The lowest BCUT2D eigenvalue weighted by Crippen LogP contribution is -2.50. The minimum Gasteiger partial charge on any atom is -0.351 e. The third-order valence-corrected chi connectivity index (χ3v) is 8.31. The summed E-state index contributed by atoms with van der Waals surface area (Å²) >= 11 is 0. The fourth-order valence-electron chi connectivity index (χ4n) is 4.08. The van der Waals surface area contributed by atoms with Crippen LogP contribution >= 0.6 is 0 Å². The number of sulfone groups is 1. The number of hydrogen-bond donors (Lipinski definition) is 2. The van der Waals surface area contributed by atoms with Gasteiger partial charge in [0.15, 0.2) is 14.6 Å². The Balaban J connectivity index is 1.86. The predicted octanol–water partition coefficient (Wildman–Crippen LogP) is 3.66. The molecule has 160 valence electrons. The van der Waals surface area contributed by atoms with Crippen LogP contribution in [0.3, 0.4) is 0 Å². The van der Waals surface area contributed by atoms with Crippen LogP contribution in [0.15, 0.2) is 47.4 Å². The molecule has 2 N–H and O–H groups in total. The summed E-state index contributed by atoms with van der Waals surface area (Å²) in [6.45, 7) is 5.23. The number of amides is 2. The Labute approximate surface area is 178 Å². The molecule has 6 nitrogen and oxygen atoms in total. The van der Waals surface area contributed by atoms with E-state index in [0.717, 1.165) is 11.1 Å². The SMILES string of the molecule is CC(=O)Nc1cccc(CNC(=O)C2(S(=O)(=O)c3cc(C)ccc3C)CCCC2)c1. The molecule has 30 heavy (non-hydrogen) atoms. The molecule has 0 aliphatic heterocycles. The Morgan fingerprint density at radius 1 is 1.03 bits per heavy atom. The monoisotopic (exact) mass is 428 g/mol. The van der Waals surface area contributed by atoms with Crippen molar-refractivity contribution in [3.63, 3.8) is 0 Å². The minimum atomic E-state index is -3.85. The molecule has 3 rings (SSSR count). The number of aryl methyl sites for hydroxylation is 2. The summed E-state index contributed by atoms with van der Waals surface area (Å²) in [6, 6.07) is 12.5. The number of hydrogen-bond acceptors (Lipinski definition) is 4. The molecule has 0 radical (unpaired) electrons. The molecule has 1 aliphatic rings. The van der Waals surface area contributed by atoms with Gasteiger partial charge in [-0.2, -0.15) is 0 Å². The Bertz CT molecular complexity index is 1070. The molecule has 0 atom stereocenters. The van der Waals surface area contributed by atoms with E-state index in [9.17, 15) is 18.0 Å². The zero-order chi connectivity index (χ0) is 21.9. The summed E-state index contributed by atoms with van der Waals surface area (Å²) in [6.07, 6.45) is 2.05. The summed E-state index contributed by atoms with van der Waals surface area (Å²) in [4.78, 5) is 24.8. The molecule has 2 aromatic rings. The van der Waals surface area contributed by atoms with Crippen LogP contribution in [0.2, 0.25) is 0 Å². The minimum absolute atomic E-state index is 0.180. The van der Waals surface area contributed by atoms with Crippen LogP contribution in [0.4, 0.5) is 5.69 Å². The van der Waals surface area contributed by atoms with Crippen LogP contribution in [0.5, 0.6) is 0 Å². The molecule has 1 fully saturated rings. The fraction of sp³-hybridized carbons (Fsp3) is 0.391. The number of carbonyl (C=O) groups is 2. The lowest BCUT2D eigenvalue weighted by atomic mass is 10.1. The van der Waals surface area contributed by atoms with Crippen molar-refractivity contribution in [2.24, 2.45) is 0 Å². The van der Waals surface area contributed by atoms with E-state index in [1.807, 2.05) is 19.1 Å². The highest BCUT2D eigenvalue weighted by molar-refractivity contribution is 7.93. The summed E-state index contributed by atoms with van der Waals surface area (Å²) in [5, 5.41) is 5.55. The maximum Gasteiger partial charge on any atom is 0.242 e. The first-order chi connectivity index (χ1) is 14.2. The van der Waals surface area contributed by atoms with Crippen LogP contribution in [0.1, 0.15) is 49.3 Å². The summed E-state index contributed by atoms with van der Waals surface area (Å²) in [7, 11) is -3.85. The highest BCUT2D eigenvalue weighted by Crippen LogP contribution is 2.41. The van der Waals surface area contributed by atoms with Gasteiger partial charge in [-0.05, 0) is 61.6 Å². The standard InChI is InChI=1S/C23H28N2O4S/c1-16-9-10-17(2)21(13-16)30(28,29)23(11-4-5-12-23)22(27)24-15-19-7-6-8-20(14-19)25-18(3)26/h6-10,13-14H,4-5,11-12,15H2,1-3H3,(H,24,27)(H,25,26). The molecule has 2 amide bonds. The zero-order valence-corrected chi connectivity index (χ0v) is 18.4. The molecule has 1 saturated carbocycles. The van der Waals surface area contributed by atoms with Gasteiger partial charge in [0, 0.05) is 19.2 Å². The van der Waals surface area contributed by atoms with Gasteiger partial charge in [0.25, 0.3) is 0 Å². The van der Waals surface area contributed by atoms with E-state index in [1.54, 1.807) is 37.3 Å². The third kappa shape index (κ3) is 4.26. The van der Waals surface area contributed by atoms with Gasteiger partial charge >= 0.3 is 0 Å². The van der Waals surface area contributed by atoms with Crippen LogP contribution in [0.25, 0.3) is 0 Å². The Hall–Kier alpha value is -2.67. The van der Waals surface area contributed by atoms with E-state index in [2.05, 4.69) is 10.6 Å². The summed E-state index contributed by atoms with van der Waals surface area (Å²) in [5.74, 6) is -0.633. The summed E-state index contributed by atoms with van der Waals surface area (Å²) in [5.41, 5.74) is 2.92. The molecule has 0 saturated heterocycles. The average Bonchev–Trinajstić information content (AvgIpc) is 3.19. The highest BCUT2D eigenvalue weighted by atomic mass is 32.2. The van der Waals surface area contributed by atoms with Crippen molar-refractivity contribution < 1.29 is 18.0 Å². The quantitative estimate of drug-likeness (QED) is 0.734. The molecule has 1 aliphatic carbocycles. The van der Waals surface area contributed by atoms with E-state index >= 15 is 0 Å². The lowest BCUT2D eigenvalue weighted by Gasteiger charge is -2.28. The Kier molecular flexibility index (Phi) is 6.31. The molecule has 2 aromatic carbocycles. The van der Waals surface area contributed by atoms with Crippen LogP contribution < -0.4 is 10.6 Å². The first-order valence-corrected chi connectivity index (χ1v) is 11.6. The van der Waals surface area contributed by atoms with E-state index in [-0.39, 0.29) is 17.3 Å². The molecule has 0 aromatic heterocycles. The van der Waals surface area contributed by atoms with Gasteiger partial charge in [0.05, 0.1) is 4.90 Å².